The number of thiophene rings is 1. The van der Waals surface area contributed by atoms with Gasteiger partial charge in [0, 0.05) is 15.8 Å². The normalized spacial score (nSPS) is 13.6. The molecule has 0 fully saturated rings. The van der Waals surface area contributed by atoms with Gasteiger partial charge in [0.05, 0.1) is 0 Å². The maximum Gasteiger partial charge on any atom is 0.0110 e. The van der Waals surface area contributed by atoms with Crippen LogP contribution in [0.15, 0.2) is 12.1 Å². The van der Waals surface area contributed by atoms with Crippen LogP contribution in [0.2, 0.25) is 0 Å². The molecular weight excluding hydrogens is 178 g/mol. The summed E-state index contributed by atoms with van der Waals surface area (Å²) in [5, 5.41) is 0. The fourth-order valence-corrected chi connectivity index (χ4v) is 2.22. The van der Waals surface area contributed by atoms with Gasteiger partial charge in [-0.1, -0.05) is 20.8 Å². The van der Waals surface area contributed by atoms with Crippen molar-refractivity contribution in [3.05, 3.63) is 21.9 Å². The van der Waals surface area contributed by atoms with E-state index in [1.807, 2.05) is 11.3 Å². The van der Waals surface area contributed by atoms with E-state index in [1.54, 1.807) is 0 Å². The second-order valence-electron chi connectivity index (χ2n) is 3.83. The Morgan fingerprint density at radius 3 is 2.38 bits per heavy atom. The molecule has 0 saturated carbocycles. The Labute approximate surface area is 85.0 Å². The molecule has 1 aromatic heterocycles. The van der Waals surface area contributed by atoms with Gasteiger partial charge in [-0.05, 0) is 30.9 Å². The minimum atomic E-state index is 0.309. The molecule has 0 aliphatic rings. The molecule has 0 amide bonds. The maximum atomic E-state index is 6.01. The first-order valence-corrected chi connectivity index (χ1v) is 5.78. The molecule has 1 rings (SSSR count). The first kappa shape index (κ1) is 10.7. The number of aryl methyl sites for hydroxylation is 1. The molecule has 1 heterocycles. The first-order valence-electron chi connectivity index (χ1n) is 4.96. The molecule has 2 heteroatoms. The van der Waals surface area contributed by atoms with Gasteiger partial charge in [0.2, 0.25) is 0 Å². The largest absolute Gasteiger partial charge is 0.327 e. The summed E-state index contributed by atoms with van der Waals surface area (Å²) in [6.07, 6.45) is 2.17. The molecule has 13 heavy (non-hydrogen) atoms. The standard InChI is InChI=1S/C11H19NS/c1-4-9-5-6-10(13-9)7-11(12)8(2)3/h5-6,8,11H,4,7,12H2,1-3H3. The van der Waals surface area contributed by atoms with E-state index in [-0.39, 0.29) is 0 Å². The highest BCUT2D eigenvalue weighted by molar-refractivity contribution is 7.11. The molecular formula is C11H19NS. The predicted octanol–water partition coefficient (Wildman–Crippen LogP) is 2.84. The van der Waals surface area contributed by atoms with Crippen LogP contribution in [-0.4, -0.2) is 6.04 Å². The molecule has 2 N–H and O–H groups in total. The van der Waals surface area contributed by atoms with Crippen molar-refractivity contribution in [3.8, 4) is 0 Å². The molecule has 0 aliphatic carbocycles. The first-order chi connectivity index (χ1) is 6.13. The molecule has 0 saturated heterocycles. The molecule has 0 radical (unpaired) electrons. The van der Waals surface area contributed by atoms with Crippen LogP contribution in [0.4, 0.5) is 0 Å². The summed E-state index contributed by atoms with van der Waals surface area (Å²) in [5.74, 6) is 0.576. The summed E-state index contributed by atoms with van der Waals surface area (Å²) in [6, 6.07) is 4.74. The lowest BCUT2D eigenvalue weighted by Gasteiger charge is -2.13. The lowest BCUT2D eigenvalue weighted by Crippen LogP contribution is -2.28. The van der Waals surface area contributed by atoms with E-state index in [2.05, 4.69) is 32.9 Å². The zero-order valence-corrected chi connectivity index (χ0v) is 9.53. The highest BCUT2D eigenvalue weighted by Crippen LogP contribution is 2.19. The number of nitrogens with two attached hydrogens (primary N) is 1. The summed E-state index contributed by atoms with van der Waals surface area (Å²) in [5.41, 5.74) is 6.01. The molecule has 0 aromatic carbocycles. The van der Waals surface area contributed by atoms with Crippen LogP contribution in [0.25, 0.3) is 0 Å². The van der Waals surface area contributed by atoms with Gasteiger partial charge in [-0.2, -0.15) is 0 Å². The van der Waals surface area contributed by atoms with E-state index < -0.39 is 0 Å². The number of rotatable bonds is 4. The topological polar surface area (TPSA) is 26.0 Å². The van der Waals surface area contributed by atoms with Gasteiger partial charge in [0.25, 0.3) is 0 Å². The molecule has 0 bridgehead atoms. The molecule has 74 valence electrons. The van der Waals surface area contributed by atoms with E-state index >= 15 is 0 Å². The Kier molecular flexibility index (Phi) is 3.94. The third kappa shape index (κ3) is 3.12. The summed E-state index contributed by atoms with van der Waals surface area (Å²) < 4.78 is 0. The molecule has 1 nitrogen and oxygen atoms in total. The van der Waals surface area contributed by atoms with Crippen molar-refractivity contribution < 1.29 is 0 Å². The van der Waals surface area contributed by atoms with Crippen molar-refractivity contribution in [1.82, 2.24) is 0 Å². The number of hydrogen-bond acceptors (Lipinski definition) is 2. The van der Waals surface area contributed by atoms with Crippen molar-refractivity contribution in [2.75, 3.05) is 0 Å². The van der Waals surface area contributed by atoms with Crippen LogP contribution >= 0.6 is 11.3 Å². The van der Waals surface area contributed by atoms with E-state index in [0.717, 1.165) is 12.8 Å². The third-order valence-electron chi connectivity index (χ3n) is 2.36. The van der Waals surface area contributed by atoms with Gasteiger partial charge in [-0.3, -0.25) is 0 Å². The van der Waals surface area contributed by atoms with Crippen molar-refractivity contribution in [2.24, 2.45) is 11.7 Å². The van der Waals surface area contributed by atoms with Crippen molar-refractivity contribution in [1.29, 1.82) is 0 Å². The van der Waals surface area contributed by atoms with E-state index in [9.17, 15) is 0 Å². The van der Waals surface area contributed by atoms with Gasteiger partial charge in [-0.25, -0.2) is 0 Å². The Bertz CT molecular complexity index is 252. The third-order valence-corrected chi connectivity index (χ3v) is 3.61. The van der Waals surface area contributed by atoms with E-state index in [0.29, 0.717) is 12.0 Å². The molecule has 1 aromatic rings. The van der Waals surface area contributed by atoms with Gasteiger partial charge < -0.3 is 5.73 Å². The Morgan fingerprint density at radius 2 is 1.92 bits per heavy atom. The van der Waals surface area contributed by atoms with Crippen molar-refractivity contribution in [2.45, 2.75) is 39.7 Å². The van der Waals surface area contributed by atoms with Crippen LogP contribution in [0, 0.1) is 5.92 Å². The average molecular weight is 197 g/mol. The summed E-state index contributed by atoms with van der Waals surface area (Å²) in [6.45, 7) is 6.55. The average Bonchev–Trinajstić information content (AvgIpc) is 2.52. The van der Waals surface area contributed by atoms with Crippen molar-refractivity contribution in [3.63, 3.8) is 0 Å². The monoisotopic (exact) mass is 197 g/mol. The van der Waals surface area contributed by atoms with Gasteiger partial charge in [0.15, 0.2) is 0 Å². The van der Waals surface area contributed by atoms with E-state index in [1.165, 1.54) is 9.75 Å². The predicted molar refractivity (Wildman–Crippen MR) is 60.2 cm³/mol. The number of hydrogen-bond donors (Lipinski definition) is 1. The minimum Gasteiger partial charge on any atom is -0.327 e. The molecule has 0 aliphatic heterocycles. The highest BCUT2D eigenvalue weighted by atomic mass is 32.1. The smallest absolute Gasteiger partial charge is 0.0110 e. The van der Waals surface area contributed by atoms with Gasteiger partial charge in [0.1, 0.15) is 0 Å². The highest BCUT2D eigenvalue weighted by Gasteiger charge is 2.09. The summed E-state index contributed by atoms with van der Waals surface area (Å²) in [4.78, 5) is 2.89. The Morgan fingerprint density at radius 1 is 1.31 bits per heavy atom. The SMILES string of the molecule is CCc1ccc(CC(N)C(C)C)s1. The van der Waals surface area contributed by atoms with Crippen LogP contribution in [0.5, 0.6) is 0 Å². The lowest BCUT2D eigenvalue weighted by atomic mass is 10.0. The quantitative estimate of drug-likeness (QED) is 0.789. The zero-order valence-electron chi connectivity index (χ0n) is 8.71. The Hall–Kier alpha value is -0.340. The molecule has 1 unspecified atom stereocenters. The van der Waals surface area contributed by atoms with Crippen molar-refractivity contribution >= 4 is 11.3 Å². The fraction of sp³-hybridized carbons (Fsp3) is 0.636. The maximum absolute atomic E-state index is 6.01. The van der Waals surface area contributed by atoms with Crippen LogP contribution < -0.4 is 5.73 Å². The zero-order chi connectivity index (χ0) is 9.84. The summed E-state index contributed by atoms with van der Waals surface area (Å²) >= 11 is 1.90. The van der Waals surface area contributed by atoms with Gasteiger partial charge >= 0.3 is 0 Å². The van der Waals surface area contributed by atoms with E-state index in [4.69, 9.17) is 5.73 Å². The Balaban J connectivity index is 2.53. The minimum absolute atomic E-state index is 0.309. The van der Waals surface area contributed by atoms with Crippen LogP contribution in [-0.2, 0) is 12.8 Å². The fourth-order valence-electron chi connectivity index (χ4n) is 1.19. The summed E-state index contributed by atoms with van der Waals surface area (Å²) in [7, 11) is 0. The van der Waals surface area contributed by atoms with Gasteiger partial charge in [-0.15, -0.1) is 11.3 Å². The lowest BCUT2D eigenvalue weighted by molar-refractivity contribution is 0.493. The molecule has 1 atom stereocenters. The second kappa shape index (κ2) is 4.77. The van der Waals surface area contributed by atoms with Crippen LogP contribution in [0.3, 0.4) is 0 Å². The molecule has 0 spiro atoms. The van der Waals surface area contributed by atoms with Crippen LogP contribution in [0.1, 0.15) is 30.5 Å². The second-order valence-corrected chi connectivity index (χ2v) is 5.09.